The van der Waals surface area contributed by atoms with Crippen molar-refractivity contribution in [3.8, 4) is 0 Å². The molecule has 0 aromatic rings. The second-order valence-electron chi connectivity index (χ2n) is 26.6. The number of hydrogen-bond donors (Lipinski definition) is 3. The highest BCUT2D eigenvalue weighted by molar-refractivity contribution is 7.47. The molecule has 0 aliphatic carbocycles. The lowest BCUT2D eigenvalue weighted by Crippen LogP contribution is -2.30. The first-order chi connectivity index (χ1) is 43.4. The Morgan fingerprint density at radius 2 is 0.511 bits per heavy atom. The number of unbranched alkanes of at least 4 members (excludes halogenated alkanes) is 40. The Kier molecular flexibility index (Phi) is 61.8. The minimum absolute atomic E-state index is 0.105. The summed E-state index contributed by atoms with van der Waals surface area (Å²) in [6.45, 7) is 9.48. The molecule has 17 nitrogen and oxygen atoms in total. The van der Waals surface area contributed by atoms with Gasteiger partial charge in [-0.05, 0) is 37.5 Å². The van der Waals surface area contributed by atoms with Gasteiger partial charge in [-0.15, -0.1) is 0 Å². The average Bonchev–Trinajstić information content (AvgIpc) is 3.72. The van der Waals surface area contributed by atoms with Crippen LogP contribution >= 0.6 is 15.6 Å². The van der Waals surface area contributed by atoms with Gasteiger partial charge in [-0.3, -0.25) is 37.3 Å². The predicted molar refractivity (Wildman–Crippen MR) is 363 cm³/mol. The molecule has 0 amide bonds. The molecule has 0 fully saturated rings. The van der Waals surface area contributed by atoms with Crippen LogP contribution in [-0.4, -0.2) is 96.7 Å². The van der Waals surface area contributed by atoms with Gasteiger partial charge in [0.15, 0.2) is 12.2 Å². The van der Waals surface area contributed by atoms with Crippen LogP contribution in [0, 0.1) is 11.8 Å². The molecule has 0 radical (unpaired) electrons. The summed E-state index contributed by atoms with van der Waals surface area (Å²) >= 11 is 0. The summed E-state index contributed by atoms with van der Waals surface area (Å²) in [6, 6.07) is 0. The third-order valence-corrected chi connectivity index (χ3v) is 18.4. The van der Waals surface area contributed by atoms with Crippen molar-refractivity contribution < 1.29 is 80.2 Å². The normalized spacial score (nSPS) is 14.1. The maximum Gasteiger partial charge on any atom is 0.472 e. The molecule has 0 saturated heterocycles. The second kappa shape index (κ2) is 63.1. The van der Waals surface area contributed by atoms with E-state index in [1.165, 1.54) is 173 Å². The molecule has 0 saturated carbocycles. The summed E-state index contributed by atoms with van der Waals surface area (Å²) in [5.74, 6) is -0.681. The first kappa shape index (κ1) is 88.1. The van der Waals surface area contributed by atoms with Crippen molar-refractivity contribution in [3.05, 3.63) is 0 Å². The fraction of sp³-hybridized carbons (Fsp3) is 0.944. The van der Waals surface area contributed by atoms with Gasteiger partial charge in [-0.2, -0.15) is 0 Å². The zero-order valence-corrected chi connectivity index (χ0v) is 60.2. The fourth-order valence-electron chi connectivity index (χ4n) is 10.8. The van der Waals surface area contributed by atoms with Gasteiger partial charge in [-0.1, -0.05) is 311 Å². The summed E-state index contributed by atoms with van der Waals surface area (Å²) in [6.07, 6.45) is 48.6. The third kappa shape index (κ3) is 64.8. The van der Waals surface area contributed by atoms with E-state index in [0.29, 0.717) is 31.6 Å². The van der Waals surface area contributed by atoms with Crippen molar-refractivity contribution in [1.82, 2.24) is 0 Å². The number of phosphoric ester groups is 2. The molecular weight excluding hydrogens is 1190 g/mol. The Hall–Kier alpha value is -1.94. The van der Waals surface area contributed by atoms with Gasteiger partial charge < -0.3 is 33.8 Å². The fourth-order valence-corrected chi connectivity index (χ4v) is 12.3. The highest BCUT2D eigenvalue weighted by Crippen LogP contribution is 2.45. The van der Waals surface area contributed by atoms with Crippen molar-refractivity contribution in [1.29, 1.82) is 0 Å². The van der Waals surface area contributed by atoms with Crippen LogP contribution in [0.15, 0.2) is 0 Å². The molecule has 0 aromatic heterocycles. The van der Waals surface area contributed by atoms with Gasteiger partial charge >= 0.3 is 39.5 Å². The van der Waals surface area contributed by atoms with E-state index < -0.39 is 97.5 Å². The van der Waals surface area contributed by atoms with Crippen LogP contribution < -0.4 is 0 Å². The Morgan fingerprint density at radius 1 is 0.300 bits per heavy atom. The van der Waals surface area contributed by atoms with Crippen LogP contribution in [0.3, 0.4) is 0 Å². The number of hydrogen-bond acceptors (Lipinski definition) is 15. The van der Waals surface area contributed by atoms with Crippen LogP contribution in [0.25, 0.3) is 0 Å². The molecule has 90 heavy (non-hydrogen) atoms. The van der Waals surface area contributed by atoms with Crippen molar-refractivity contribution in [2.75, 3.05) is 39.6 Å². The van der Waals surface area contributed by atoms with E-state index in [2.05, 4.69) is 41.5 Å². The van der Waals surface area contributed by atoms with Crippen LogP contribution in [0.4, 0.5) is 0 Å². The molecule has 19 heteroatoms. The lowest BCUT2D eigenvalue weighted by molar-refractivity contribution is -0.161. The Morgan fingerprint density at radius 3 is 0.756 bits per heavy atom. The van der Waals surface area contributed by atoms with Crippen LogP contribution in [0.2, 0.25) is 0 Å². The molecule has 534 valence electrons. The van der Waals surface area contributed by atoms with Gasteiger partial charge in [0.25, 0.3) is 0 Å². The number of esters is 4. The number of ether oxygens (including phenoxy) is 4. The standard InChI is InChI=1S/C71H138O17P2/c1-7-9-11-13-15-17-19-21-23-25-29-35-41-47-53-68(73)81-59-66(87-70(75)55-49-43-36-30-26-24-22-20-18-16-14-12-10-8-2)61-85-89(77,78)83-57-65(72)58-84-90(79,80)86-62-67(60-82-69(74)54-48-42-38-32-34-40-46-52-64(5)6)88-71(76)56-50-44-37-31-27-28-33-39-45-51-63(3)4/h63-67,72H,7-62H2,1-6H3,(H,77,78)(H,79,80)/t65-,66-,67-/m1/s1. The Balaban J connectivity index is 5.25. The minimum atomic E-state index is -4.95. The number of carbonyl (C=O) groups excluding carboxylic acids is 4. The van der Waals surface area contributed by atoms with Crippen molar-refractivity contribution in [2.45, 2.75) is 381 Å². The Bertz CT molecular complexity index is 1750. The van der Waals surface area contributed by atoms with Crippen LogP contribution in [-0.2, 0) is 65.4 Å². The highest BCUT2D eigenvalue weighted by atomic mass is 31.2. The topological polar surface area (TPSA) is 237 Å². The van der Waals surface area contributed by atoms with E-state index in [9.17, 15) is 43.2 Å². The molecule has 0 bridgehead atoms. The molecular formula is C71H138O17P2. The van der Waals surface area contributed by atoms with Crippen molar-refractivity contribution >= 4 is 39.5 Å². The first-order valence-electron chi connectivity index (χ1n) is 37.0. The highest BCUT2D eigenvalue weighted by Gasteiger charge is 2.30. The number of aliphatic hydroxyl groups is 1. The molecule has 0 spiro atoms. The number of carbonyl (C=O) groups is 4. The molecule has 3 N–H and O–H groups in total. The van der Waals surface area contributed by atoms with E-state index >= 15 is 0 Å². The van der Waals surface area contributed by atoms with Gasteiger partial charge in [0, 0.05) is 25.7 Å². The van der Waals surface area contributed by atoms with E-state index in [0.717, 1.165) is 102 Å². The van der Waals surface area contributed by atoms with Gasteiger partial charge in [-0.25, -0.2) is 9.13 Å². The number of rotatable bonds is 70. The van der Waals surface area contributed by atoms with E-state index in [-0.39, 0.29) is 25.7 Å². The largest absolute Gasteiger partial charge is 0.472 e. The number of phosphoric acid groups is 2. The minimum Gasteiger partial charge on any atom is -0.462 e. The Labute approximate surface area is 549 Å². The van der Waals surface area contributed by atoms with E-state index in [1.54, 1.807) is 0 Å². The second-order valence-corrected chi connectivity index (χ2v) is 29.5. The van der Waals surface area contributed by atoms with E-state index in [1.807, 2.05) is 0 Å². The van der Waals surface area contributed by atoms with Crippen LogP contribution in [0.5, 0.6) is 0 Å². The molecule has 0 aliphatic rings. The van der Waals surface area contributed by atoms with Gasteiger partial charge in [0.2, 0.25) is 0 Å². The van der Waals surface area contributed by atoms with E-state index in [4.69, 9.17) is 37.0 Å². The zero-order valence-electron chi connectivity index (χ0n) is 58.4. The summed E-state index contributed by atoms with van der Waals surface area (Å²) in [4.78, 5) is 72.6. The lowest BCUT2D eigenvalue weighted by Gasteiger charge is -2.21. The molecule has 5 atom stereocenters. The maximum atomic E-state index is 13.0. The lowest BCUT2D eigenvalue weighted by atomic mass is 10.0. The monoisotopic (exact) mass is 1320 g/mol. The van der Waals surface area contributed by atoms with Crippen LogP contribution in [0.1, 0.15) is 363 Å². The number of aliphatic hydroxyl groups excluding tert-OH is 1. The van der Waals surface area contributed by atoms with Crippen molar-refractivity contribution in [3.63, 3.8) is 0 Å². The average molecular weight is 1330 g/mol. The predicted octanol–water partition coefficient (Wildman–Crippen LogP) is 20.4. The third-order valence-electron chi connectivity index (χ3n) is 16.5. The summed E-state index contributed by atoms with van der Waals surface area (Å²) in [7, 11) is -9.90. The zero-order chi connectivity index (χ0) is 66.5. The summed E-state index contributed by atoms with van der Waals surface area (Å²) in [5, 5.41) is 10.6. The molecule has 0 aliphatic heterocycles. The SMILES string of the molecule is CCCCCCCCCCCCCCCCC(=O)OC[C@H](COP(=O)(O)OC[C@@H](O)COP(=O)(O)OC[C@@H](COC(=O)CCCCCCCCCC(C)C)OC(=O)CCCCCCCCCCCC(C)C)OC(=O)CCCCCCCCCCCCCCCC. The smallest absolute Gasteiger partial charge is 0.462 e. The molecule has 0 heterocycles. The first-order valence-corrected chi connectivity index (χ1v) is 40.0. The van der Waals surface area contributed by atoms with Crippen molar-refractivity contribution in [2.24, 2.45) is 11.8 Å². The quantitative estimate of drug-likeness (QED) is 0.0222. The summed E-state index contributed by atoms with van der Waals surface area (Å²) in [5.41, 5.74) is 0. The maximum absolute atomic E-state index is 13.0. The molecule has 2 unspecified atom stereocenters. The molecule has 0 aromatic carbocycles. The van der Waals surface area contributed by atoms with Gasteiger partial charge in [0.05, 0.1) is 26.4 Å². The van der Waals surface area contributed by atoms with Gasteiger partial charge in [0.1, 0.15) is 19.3 Å². The molecule has 0 rings (SSSR count). The summed E-state index contributed by atoms with van der Waals surface area (Å²) < 4.78 is 68.3.